The molecule has 61 heavy (non-hydrogen) atoms. The summed E-state index contributed by atoms with van der Waals surface area (Å²) in [6.07, 6.45) is 1.66. The summed E-state index contributed by atoms with van der Waals surface area (Å²) in [6, 6.07) is 53.0. The normalized spacial score (nSPS) is 14.3. The van der Waals surface area contributed by atoms with Crippen molar-refractivity contribution >= 4 is 70.9 Å². The third-order valence-corrected chi connectivity index (χ3v) is 13.1. The summed E-state index contributed by atoms with van der Waals surface area (Å²) in [4.78, 5) is 5.03. The van der Waals surface area contributed by atoms with E-state index >= 15 is 0 Å². The number of imidazole rings is 1. The van der Waals surface area contributed by atoms with Gasteiger partial charge in [-0.3, -0.25) is 0 Å². The van der Waals surface area contributed by atoms with Crippen molar-refractivity contribution in [1.82, 2.24) is 23.1 Å². The minimum absolute atomic E-state index is 0.186. The maximum absolute atomic E-state index is 8.73. The molecular weight excluding hydrogens is 930 g/mol. The zero-order valence-electron chi connectivity index (χ0n) is 39.3. The topological polar surface area (TPSA) is 41.3 Å². The summed E-state index contributed by atoms with van der Waals surface area (Å²) >= 11 is 2.08. The first-order valence-electron chi connectivity index (χ1n) is 23.1. The predicted molar refractivity (Wildman–Crippen MR) is 245 cm³/mol. The molecule has 0 fully saturated rings. The molecule has 0 amide bonds. The summed E-state index contributed by atoms with van der Waals surface area (Å²) in [6.45, 7) is 1.49. The van der Waals surface area contributed by atoms with E-state index in [0.717, 1.165) is 60.3 Å². The molecule has 0 aliphatic rings. The van der Waals surface area contributed by atoms with Crippen LogP contribution in [-0.4, -0.2) is 23.1 Å². The fourth-order valence-electron chi connectivity index (χ4n) is 9.16. The Hall–Kier alpha value is -6.75. The monoisotopic (exact) mass is 974 g/mol. The molecule has 12 rings (SSSR count). The predicted octanol–water partition coefficient (Wildman–Crippen LogP) is 13.4. The van der Waals surface area contributed by atoms with Gasteiger partial charge in [0.2, 0.25) is 0 Å². The number of hydrogen-bond acceptors (Lipinski definition) is 2. The first kappa shape index (κ1) is 30.3. The second-order valence-electron chi connectivity index (χ2n) is 16.7. The Morgan fingerprint density at radius 2 is 1.36 bits per heavy atom. The number of fused-ring (bicyclic) bond motifs is 10. The zero-order valence-corrected chi connectivity index (χ0v) is 35.6. The van der Waals surface area contributed by atoms with Crippen LogP contribution in [0.25, 0.3) is 93.6 Å². The second kappa shape index (κ2) is 13.1. The average molecular weight is 975 g/mol. The van der Waals surface area contributed by atoms with Gasteiger partial charge in [0.15, 0.2) is 0 Å². The summed E-state index contributed by atoms with van der Waals surface area (Å²) in [5.41, 5.74) is 8.82. The minimum atomic E-state index is -2.45. The van der Waals surface area contributed by atoms with Gasteiger partial charge in [0.1, 0.15) is 0 Å². The molecule has 0 spiro atoms. The minimum Gasteiger partial charge on any atom is -0.0622 e. The van der Waals surface area contributed by atoms with Crippen molar-refractivity contribution in [1.29, 1.82) is 0 Å². The maximum atomic E-state index is 8.73. The Morgan fingerprint density at radius 3 is 2.16 bits per heavy atom. The van der Waals surface area contributed by atoms with Crippen molar-refractivity contribution in [3.63, 3.8) is 0 Å². The van der Waals surface area contributed by atoms with Crippen LogP contribution in [0, 0.1) is 22.8 Å². The van der Waals surface area contributed by atoms with Crippen LogP contribution in [0.2, 0.25) is 0 Å². The van der Waals surface area contributed by atoms with Crippen molar-refractivity contribution in [2.24, 2.45) is 6.98 Å². The van der Waals surface area contributed by atoms with Gasteiger partial charge in [-0.25, -0.2) is 0 Å². The van der Waals surface area contributed by atoms with E-state index in [2.05, 4.69) is 111 Å². The van der Waals surface area contributed by atoms with E-state index in [1.54, 1.807) is 12.3 Å². The Balaban J connectivity index is 1.10. The summed E-state index contributed by atoms with van der Waals surface area (Å²) in [5.74, 6) is 1.25. The number of aromatic nitrogens is 5. The molecule has 12 aromatic rings. The van der Waals surface area contributed by atoms with Crippen LogP contribution in [-0.2, 0) is 31.7 Å². The molecule has 298 valence electrons. The SMILES string of the molecule is [2H]C([2H])([2H])c1cc(-n2c3[c-]c(Oc4[c-]c(-n5[c](=[Pt])n(C([2H])([2H])[2H])c6ccccc65)cc(C(C)(C)C)c4)ccc3c3cc4c5cccc6c7ccccc7n(c4cc32)c65)ncc1-c1ccccc1. The van der Waals surface area contributed by atoms with Gasteiger partial charge in [0, 0.05) is 37.4 Å². The average Bonchev–Trinajstić information content (AvgIpc) is 4.01. The molecule has 0 aliphatic heterocycles. The van der Waals surface area contributed by atoms with Crippen molar-refractivity contribution < 1.29 is 32.3 Å². The van der Waals surface area contributed by atoms with E-state index in [9.17, 15) is 0 Å². The van der Waals surface area contributed by atoms with Gasteiger partial charge in [-0.2, -0.15) is 0 Å². The van der Waals surface area contributed by atoms with Gasteiger partial charge in [-0.15, -0.1) is 0 Å². The number of benzene rings is 7. The molecule has 0 radical (unpaired) electrons. The Labute approximate surface area is 371 Å². The Morgan fingerprint density at radius 1 is 0.623 bits per heavy atom. The fraction of sp³-hybridized carbons (Fsp3) is 0.111. The van der Waals surface area contributed by atoms with E-state index in [0.29, 0.717) is 43.4 Å². The number of pyridine rings is 1. The molecule has 5 aromatic heterocycles. The quantitative estimate of drug-likeness (QED) is 0.161. The second-order valence-corrected chi connectivity index (χ2v) is 17.7. The van der Waals surface area contributed by atoms with E-state index in [1.807, 2.05) is 88.0 Å². The van der Waals surface area contributed by atoms with Crippen LogP contribution in [0.1, 0.15) is 40.1 Å². The van der Waals surface area contributed by atoms with Gasteiger partial charge in [-0.1, -0.05) is 66.7 Å². The van der Waals surface area contributed by atoms with Crippen LogP contribution in [0.4, 0.5) is 0 Å². The molecule has 5 heterocycles. The van der Waals surface area contributed by atoms with Crippen molar-refractivity contribution in [3.05, 3.63) is 173 Å². The summed E-state index contributed by atoms with van der Waals surface area (Å²) in [7, 11) is 0. The molecule has 0 bridgehead atoms. The number of rotatable bonds is 5. The first-order chi connectivity index (χ1) is 32.0. The van der Waals surface area contributed by atoms with E-state index in [-0.39, 0.29) is 11.0 Å². The van der Waals surface area contributed by atoms with Gasteiger partial charge in [0.25, 0.3) is 0 Å². The number of aryl methyl sites for hydroxylation is 2. The zero-order chi connectivity index (χ0) is 46.3. The van der Waals surface area contributed by atoms with Gasteiger partial charge >= 0.3 is 224 Å². The van der Waals surface area contributed by atoms with E-state index in [4.69, 9.17) is 17.9 Å². The molecule has 0 saturated heterocycles. The molecule has 0 saturated carbocycles. The Kier molecular flexibility index (Phi) is 6.52. The summed E-state index contributed by atoms with van der Waals surface area (Å²) < 4.78 is 66.3. The number of nitrogens with zero attached hydrogens (tertiary/aromatic N) is 5. The summed E-state index contributed by atoms with van der Waals surface area (Å²) in [5, 5.41) is 6.44. The molecule has 0 aliphatic carbocycles. The number of ether oxygens (including phenoxy) is 1. The number of hydrogen-bond donors (Lipinski definition) is 0. The van der Waals surface area contributed by atoms with Crippen LogP contribution >= 0.6 is 0 Å². The smallest absolute Gasteiger partial charge is 0.0622 e. The van der Waals surface area contributed by atoms with Crippen LogP contribution in [0.3, 0.4) is 0 Å². The molecular formula is C54H39N5OPt-2. The van der Waals surface area contributed by atoms with Crippen molar-refractivity contribution in [2.45, 2.75) is 33.0 Å². The molecule has 0 unspecified atom stereocenters. The van der Waals surface area contributed by atoms with Gasteiger partial charge < -0.3 is 4.40 Å². The molecule has 6 nitrogen and oxygen atoms in total. The molecule has 0 atom stereocenters. The number of para-hydroxylation sites is 4. The van der Waals surface area contributed by atoms with Crippen LogP contribution < -0.4 is 4.74 Å². The third-order valence-electron chi connectivity index (χ3n) is 12.1. The Bertz CT molecular complexity index is 4060. The fourth-order valence-corrected chi connectivity index (χ4v) is 9.98. The van der Waals surface area contributed by atoms with Crippen LogP contribution in [0.5, 0.6) is 11.5 Å². The molecule has 7 heteroatoms. The first-order valence-corrected chi connectivity index (χ1v) is 21.3. The van der Waals surface area contributed by atoms with Gasteiger partial charge in [-0.05, 0) is 24.0 Å². The van der Waals surface area contributed by atoms with Crippen LogP contribution in [0.15, 0.2) is 146 Å². The van der Waals surface area contributed by atoms with Gasteiger partial charge in [0.05, 0.1) is 16.6 Å². The third kappa shape index (κ3) is 5.38. The van der Waals surface area contributed by atoms with E-state index < -0.39 is 13.8 Å². The van der Waals surface area contributed by atoms with E-state index in [1.165, 1.54) is 15.3 Å². The van der Waals surface area contributed by atoms with Crippen molar-refractivity contribution in [3.8, 4) is 34.1 Å². The molecule has 7 aromatic carbocycles. The molecule has 0 N–H and O–H groups in total. The van der Waals surface area contributed by atoms with Crippen molar-refractivity contribution in [2.75, 3.05) is 0 Å². The standard InChI is InChI=1S/C54H39N5O.Pt/c1-33-24-52(55-31-45(33)34-14-7-6-8-15-34)58-49-28-37(60-38-26-35(54(2,3)4)25-36(27-38)57-32-56(5)47-20-11-12-21-48(47)57)22-23-40(49)43-29-44-42-18-13-17-41-39-16-9-10-19-46(39)59(53(41)42)51(44)30-50(43)58;/h6-26,29-31H,1-5H3;/q-2;/i1D3,5D3;.